The molecule has 0 aliphatic carbocycles. The summed E-state index contributed by atoms with van der Waals surface area (Å²) in [6.45, 7) is 3.56. The number of likely N-dealkylation sites (tertiary alicyclic amines) is 2. The minimum atomic E-state index is -0.393. The smallest absolute Gasteiger partial charge is 0.274 e. The summed E-state index contributed by atoms with van der Waals surface area (Å²) in [5, 5.41) is 17.4. The SMILES string of the molecule is CCCc1cc(C(=O)N2CCC[C@@]3(CO)CCN(C(=O)c4cnccn4)C[C@H]23)n[nH]1. The van der Waals surface area contributed by atoms with Crippen LogP contribution in [0.2, 0.25) is 0 Å². The van der Waals surface area contributed by atoms with E-state index in [1.54, 1.807) is 4.90 Å². The van der Waals surface area contributed by atoms with E-state index in [4.69, 9.17) is 0 Å². The standard InChI is InChI=1S/C21H28N6O3/c1-2-4-15-11-16(25-24-15)20(30)27-9-3-5-21(14-28)6-10-26(13-18(21)27)19(29)17-12-22-7-8-23-17/h7-8,11-12,18,28H,2-6,9-10,13-14H2,1H3,(H,24,25)/t18-,21-/m0/s1. The molecule has 0 unspecified atom stereocenters. The summed E-state index contributed by atoms with van der Waals surface area (Å²) in [5.41, 5.74) is 1.23. The molecule has 2 fully saturated rings. The normalized spacial score (nSPS) is 23.9. The number of carbonyl (C=O) groups is 2. The van der Waals surface area contributed by atoms with E-state index >= 15 is 0 Å². The number of aromatic amines is 1. The van der Waals surface area contributed by atoms with E-state index < -0.39 is 5.41 Å². The Morgan fingerprint density at radius 3 is 2.83 bits per heavy atom. The van der Waals surface area contributed by atoms with E-state index in [1.165, 1.54) is 18.6 Å². The van der Waals surface area contributed by atoms with E-state index in [0.717, 1.165) is 31.4 Å². The minimum absolute atomic E-state index is 0.00370. The van der Waals surface area contributed by atoms with Crippen molar-refractivity contribution in [3.05, 3.63) is 41.7 Å². The van der Waals surface area contributed by atoms with Gasteiger partial charge < -0.3 is 14.9 Å². The summed E-state index contributed by atoms with van der Waals surface area (Å²) in [5.74, 6) is -0.345. The molecule has 2 aliphatic heterocycles. The van der Waals surface area contributed by atoms with Crippen molar-refractivity contribution in [1.29, 1.82) is 0 Å². The van der Waals surface area contributed by atoms with Gasteiger partial charge in [0.1, 0.15) is 11.4 Å². The maximum atomic E-state index is 13.3. The molecule has 0 radical (unpaired) electrons. The Hall–Kier alpha value is -2.81. The topological polar surface area (TPSA) is 115 Å². The molecule has 9 nitrogen and oxygen atoms in total. The highest BCUT2D eigenvalue weighted by atomic mass is 16.3. The van der Waals surface area contributed by atoms with Crippen LogP contribution < -0.4 is 0 Å². The third-order valence-corrected chi connectivity index (χ3v) is 6.44. The number of piperidine rings is 2. The second-order valence-electron chi connectivity index (χ2n) is 8.26. The van der Waals surface area contributed by atoms with Gasteiger partial charge in [-0.15, -0.1) is 0 Å². The van der Waals surface area contributed by atoms with Crippen molar-refractivity contribution in [1.82, 2.24) is 30.0 Å². The number of hydrogen-bond donors (Lipinski definition) is 2. The zero-order valence-corrected chi connectivity index (χ0v) is 17.3. The third-order valence-electron chi connectivity index (χ3n) is 6.44. The summed E-state index contributed by atoms with van der Waals surface area (Å²) >= 11 is 0. The minimum Gasteiger partial charge on any atom is -0.396 e. The number of rotatable bonds is 5. The van der Waals surface area contributed by atoms with Gasteiger partial charge in [0, 0.05) is 43.1 Å². The van der Waals surface area contributed by atoms with Crippen molar-refractivity contribution >= 4 is 11.8 Å². The largest absolute Gasteiger partial charge is 0.396 e. The third kappa shape index (κ3) is 3.69. The average Bonchev–Trinajstić information content (AvgIpc) is 3.26. The second kappa shape index (κ2) is 8.51. The number of hydrogen-bond acceptors (Lipinski definition) is 6. The van der Waals surface area contributed by atoms with E-state index in [9.17, 15) is 14.7 Å². The molecule has 0 aromatic carbocycles. The number of amides is 2. The van der Waals surface area contributed by atoms with Crippen LogP contribution in [0.15, 0.2) is 24.7 Å². The van der Waals surface area contributed by atoms with Crippen molar-refractivity contribution in [2.24, 2.45) is 5.41 Å². The van der Waals surface area contributed by atoms with Crippen molar-refractivity contribution < 1.29 is 14.7 Å². The summed E-state index contributed by atoms with van der Waals surface area (Å²) < 4.78 is 0. The van der Waals surface area contributed by atoms with Crippen LogP contribution in [0.1, 0.15) is 59.3 Å². The number of nitrogens with zero attached hydrogens (tertiary/aromatic N) is 5. The molecule has 2 aromatic rings. The second-order valence-corrected chi connectivity index (χ2v) is 8.26. The predicted octanol–water partition coefficient (Wildman–Crippen LogP) is 1.28. The molecule has 2 amide bonds. The lowest BCUT2D eigenvalue weighted by molar-refractivity contribution is -0.0581. The van der Waals surface area contributed by atoms with Gasteiger partial charge in [-0.25, -0.2) is 4.98 Å². The first-order chi connectivity index (χ1) is 14.6. The van der Waals surface area contributed by atoms with E-state index in [-0.39, 0.29) is 24.5 Å². The Balaban J connectivity index is 1.58. The van der Waals surface area contributed by atoms with Crippen LogP contribution in [-0.4, -0.2) is 79.2 Å². The van der Waals surface area contributed by atoms with Gasteiger partial charge in [0.25, 0.3) is 11.8 Å². The molecular formula is C21H28N6O3. The molecule has 160 valence electrons. The lowest BCUT2D eigenvalue weighted by Crippen LogP contribution is -2.64. The Morgan fingerprint density at radius 1 is 1.23 bits per heavy atom. The first kappa shape index (κ1) is 20.5. The summed E-state index contributed by atoms with van der Waals surface area (Å²) in [6, 6.07) is 1.55. The molecule has 2 atom stereocenters. The zero-order chi connectivity index (χ0) is 21.1. The van der Waals surface area contributed by atoms with Gasteiger partial charge in [-0.3, -0.25) is 19.7 Å². The molecule has 2 saturated heterocycles. The van der Waals surface area contributed by atoms with Crippen molar-refractivity contribution in [2.75, 3.05) is 26.2 Å². The molecule has 4 heterocycles. The predicted molar refractivity (Wildman–Crippen MR) is 109 cm³/mol. The maximum absolute atomic E-state index is 13.3. The molecular weight excluding hydrogens is 384 g/mol. The highest BCUT2D eigenvalue weighted by Gasteiger charge is 2.50. The van der Waals surface area contributed by atoms with Crippen LogP contribution >= 0.6 is 0 Å². The highest BCUT2D eigenvalue weighted by Crippen LogP contribution is 2.42. The Morgan fingerprint density at radius 2 is 2.10 bits per heavy atom. The fraction of sp³-hybridized carbons (Fsp3) is 0.571. The Labute approximate surface area is 175 Å². The van der Waals surface area contributed by atoms with E-state index in [2.05, 4.69) is 27.1 Å². The molecule has 0 spiro atoms. The Kier molecular flexibility index (Phi) is 5.80. The molecule has 2 aliphatic rings. The van der Waals surface area contributed by atoms with Gasteiger partial charge in [0.15, 0.2) is 0 Å². The number of H-pyrrole nitrogens is 1. The first-order valence-electron chi connectivity index (χ1n) is 10.6. The fourth-order valence-corrected chi connectivity index (χ4v) is 4.77. The average molecular weight is 412 g/mol. The fourth-order valence-electron chi connectivity index (χ4n) is 4.77. The molecule has 0 saturated carbocycles. The lowest BCUT2D eigenvalue weighted by Gasteiger charge is -2.54. The number of fused-ring (bicyclic) bond motifs is 1. The van der Waals surface area contributed by atoms with Gasteiger partial charge in [-0.1, -0.05) is 13.3 Å². The number of aromatic nitrogens is 4. The van der Waals surface area contributed by atoms with Crippen LogP contribution in [0.25, 0.3) is 0 Å². The highest BCUT2D eigenvalue weighted by molar-refractivity contribution is 5.93. The van der Waals surface area contributed by atoms with E-state index in [0.29, 0.717) is 37.4 Å². The van der Waals surface area contributed by atoms with Crippen LogP contribution in [0.5, 0.6) is 0 Å². The maximum Gasteiger partial charge on any atom is 0.274 e. The molecule has 2 aromatic heterocycles. The first-order valence-corrected chi connectivity index (χ1v) is 10.6. The monoisotopic (exact) mass is 412 g/mol. The Bertz CT molecular complexity index is 901. The van der Waals surface area contributed by atoms with Crippen molar-refractivity contribution in [3.8, 4) is 0 Å². The molecule has 4 rings (SSSR count). The van der Waals surface area contributed by atoms with Gasteiger partial charge in [-0.2, -0.15) is 5.10 Å². The van der Waals surface area contributed by atoms with Gasteiger partial charge in [-0.05, 0) is 31.7 Å². The van der Waals surface area contributed by atoms with Crippen LogP contribution in [0.4, 0.5) is 0 Å². The molecule has 9 heteroatoms. The van der Waals surface area contributed by atoms with Gasteiger partial charge in [0.05, 0.1) is 18.8 Å². The summed E-state index contributed by atoms with van der Waals surface area (Å²) in [6.07, 6.45) is 8.60. The number of carbonyl (C=O) groups excluding carboxylic acids is 2. The molecule has 0 bridgehead atoms. The summed E-state index contributed by atoms with van der Waals surface area (Å²) in [7, 11) is 0. The van der Waals surface area contributed by atoms with Crippen molar-refractivity contribution in [2.45, 2.75) is 45.1 Å². The van der Waals surface area contributed by atoms with Crippen LogP contribution in [-0.2, 0) is 6.42 Å². The molecule has 2 N–H and O–H groups in total. The van der Waals surface area contributed by atoms with E-state index in [1.807, 2.05) is 11.0 Å². The van der Waals surface area contributed by atoms with Gasteiger partial charge in [0.2, 0.25) is 0 Å². The quantitative estimate of drug-likeness (QED) is 0.764. The summed E-state index contributed by atoms with van der Waals surface area (Å²) in [4.78, 5) is 37.9. The number of aliphatic hydroxyl groups excluding tert-OH is 1. The van der Waals surface area contributed by atoms with Gasteiger partial charge >= 0.3 is 0 Å². The van der Waals surface area contributed by atoms with Crippen LogP contribution in [0, 0.1) is 5.41 Å². The zero-order valence-electron chi connectivity index (χ0n) is 17.3. The number of aliphatic hydroxyl groups is 1. The van der Waals surface area contributed by atoms with Crippen molar-refractivity contribution in [3.63, 3.8) is 0 Å². The lowest BCUT2D eigenvalue weighted by atomic mass is 9.68. The molecule has 30 heavy (non-hydrogen) atoms. The number of aryl methyl sites for hydroxylation is 1. The number of nitrogens with one attached hydrogen (secondary N) is 1. The van der Waals surface area contributed by atoms with Crippen LogP contribution in [0.3, 0.4) is 0 Å².